The van der Waals surface area contributed by atoms with Crippen molar-refractivity contribution in [2.45, 2.75) is 6.61 Å². The Labute approximate surface area is 156 Å². The molecule has 0 spiro atoms. The van der Waals surface area contributed by atoms with E-state index < -0.39 is 0 Å². The third-order valence-electron chi connectivity index (χ3n) is 3.54. The average Bonchev–Trinajstić information content (AvgIpc) is 3.14. The van der Waals surface area contributed by atoms with Crippen molar-refractivity contribution in [3.05, 3.63) is 65.0 Å². The zero-order valence-corrected chi connectivity index (χ0v) is 15.1. The molecule has 0 aliphatic rings. The van der Waals surface area contributed by atoms with Crippen LogP contribution in [0.15, 0.2) is 58.3 Å². The molecule has 0 aliphatic carbocycles. The molecule has 3 aromatic rings. The van der Waals surface area contributed by atoms with Gasteiger partial charge in [0, 0.05) is 16.1 Å². The maximum atomic E-state index is 5.98. The molecule has 0 radical (unpaired) electrons. The summed E-state index contributed by atoms with van der Waals surface area (Å²) in [6.07, 6.45) is 3.08. The van der Waals surface area contributed by atoms with E-state index in [9.17, 15) is 0 Å². The van der Waals surface area contributed by atoms with E-state index in [0.29, 0.717) is 28.1 Å². The van der Waals surface area contributed by atoms with Crippen molar-refractivity contribution in [3.8, 4) is 23.0 Å². The minimum Gasteiger partial charge on any atom is -0.493 e. The van der Waals surface area contributed by atoms with Crippen LogP contribution in [0.5, 0.6) is 11.5 Å². The van der Waals surface area contributed by atoms with Crippen LogP contribution in [0, 0.1) is 0 Å². The van der Waals surface area contributed by atoms with Gasteiger partial charge in [0.1, 0.15) is 12.0 Å². The first-order chi connectivity index (χ1) is 12.7. The van der Waals surface area contributed by atoms with Gasteiger partial charge in [-0.3, -0.25) is 0 Å². The number of hydrogen-bond acceptors (Lipinski definition) is 6. The van der Waals surface area contributed by atoms with Crippen molar-refractivity contribution in [2.75, 3.05) is 14.2 Å². The molecule has 0 unspecified atom stereocenters. The van der Waals surface area contributed by atoms with E-state index in [1.54, 1.807) is 32.6 Å². The maximum absolute atomic E-state index is 5.98. The Morgan fingerprint density at radius 1 is 1.15 bits per heavy atom. The van der Waals surface area contributed by atoms with Gasteiger partial charge in [-0.25, -0.2) is 4.98 Å². The van der Waals surface area contributed by atoms with E-state index in [-0.39, 0.29) is 6.61 Å². The van der Waals surface area contributed by atoms with Gasteiger partial charge < -0.3 is 18.7 Å². The SMILES string of the molecule is COc1cccc(/C=N/OCc2coc(-c3cccc(Cl)c3)n2)c1OC. The number of halogens is 1. The number of oxazole rings is 1. The van der Waals surface area contributed by atoms with E-state index in [2.05, 4.69) is 10.1 Å². The molecule has 6 nitrogen and oxygen atoms in total. The normalized spacial score (nSPS) is 10.9. The zero-order valence-electron chi connectivity index (χ0n) is 14.3. The monoisotopic (exact) mass is 372 g/mol. The highest BCUT2D eigenvalue weighted by Gasteiger charge is 2.09. The number of methoxy groups -OCH3 is 2. The molecule has 0 saturated heterocycles. The summed E-state index contributed by atoms with van der Waals surface area (Å²) in [4.78, 5) is 9.65. The lowest BCUT2D eigenvalue weighted by Gasteiger charge is -2.09. The lowest BCUT2D eigenvalue weighted by molar-refractivity contribution is 0.129. The predicted octanol–water partition coefficient (Wildman–Crippen LogP) is 4.56. The number of rotatable bonds is 7. The second kappa shape index (κ2) is 8.40. The first kappa shape index (κ1) is 17.8. The molecule has 0 aliphatic heterocycles. The minimum absolute atomic E-state index is 0.173. The van der Waals surface area contributed by atoms with E-state index in [1.165, 1.54) is 6.26 Å². The molecular weight excluding hydrogens is 356 g/mol. The first-order valence-electron chi connectivity index (χ1n) is 7.78. The Kier molecular flexibility index (Phi) is 5.76. The number of aromatic nitrogens is 1. The molecule has 0 fully saturated rings. The fraction of sp³-hybridized carbons (Fsp3) is 0.158. The quantitative estimate of drug-likeness (QED) is 0.449. The molecule has 26 heavy (non-hydrogen) atoms. The van der Waals surface area contributed by atoms with Crippen LogP contribution in [0.1, 0.15) is 11.3 Å². The Morgan fingerprint density at radius 2 is 2.00 bits per heavy atom. The highest BCUT2D eigenvalue weighted by Crippen LogP contribution is 2.29. The molecule has 0 bridgehead atoms. The zero-order chi connectivity index (χ0) is 18.4. The van der Waals surface area contributed by atoms with Crippen molar-refractivity contribution in [2.24, 2.45) is 5.16 Å². The van der Waals surface area contributed by atoms with Gasteiger partial charge in [-0.15, -0.1) is 0 Å². The summed E-state index contributed by atoms with van der Waals surface area (Å²) in [5.41, 5.74) is 2.16. The van der Waals surface area contributed by atoms with Crippen LogP contribution < -0.4 is 9.47 Å². The highest BCUT2D eigenvalue weighted by atomic mass is 35.5. The first-order valence-corrected chi connectivity index (χ1v) is 8.15. The Hall–Kier alpha value is -2.99. The fourth-order valence-corrected chi connectivity index (χ4v) is 2.53. The molecule has 3 rings (SSSR count). The van der Waals surface area contributed by atoms with Gasteiger partial charge in [0.15, 0.2) is 18.1 Å². The molecular formula is C19H17ClN2O4. The van der Waals surface area contributed by atoms with Crippen LogP contribution in [-0.4, -0.2) is 25.4 Å². The van der Waals surface area contributed by atoms with Gasteiger partial charge in [0.2, 0.25) is 5.89 Å². The van der Waals surface area contributed by atoms with Crippen molar-refractivity contribution >= 4 is 17.8 Å². The van der Waals surface area contributed by atoms with Crippen LogP contribution in [0.4, 0.5) is 0 Å². The highest BCUT2D eigenvalue weighted by molar-refractivity contribution is 6.30. The summed E-state index contributed by atoms with van der Waals surface area (Å²) in [6.45, 7) is 0.173. The van der Waals surface area contributed by atoms with E-state index in [4.69, 9.17) is 30.3 Å². The van der Waals surface area contributed by atoms with Gasteiger partial charge >= 0.3 is 0 Å². The summed E-state index contributed by atoms with van der Waals surface area (Å²) < 4.78 is 16.0. The van der Waals surface area contributed by atoms with E-state index in [0.717, 1.165) is 11.1 Å². The number of para-hydroxylation sites is 1. The molecule has 1 heterocycles. The maximum Gasteiger partial charge on any atom is 0.226 e. The van der Waals surface area contributed by atoms with Crippen LogP contribution in [0.25, 0.3) is 11.5 Å². The molecule has 2 aromatic carbocycles. The van der Waals surface area contributed by atoms with Gasteiger partial charge in [-0.1, -0.05) is 28.9 Å². The topological polar surface area (TPSA) is 66.1 Å². The molecule has 0 amide bonds. The average molecular weight is 373 g/mol. The predicted molar refractivity (Wildman–Crippen MR) is 98.9 cm³/mol. The van der Waals surface area contributed by atoms with Crippen LogP contribution in [-0.2, 0) is 11.4 Å². The number of hydrogen-bond donors (Lipinski definition) is 0. The molecule has 134 valence electrons. The van der Waals surface area contributed by atoms with Crippen molar-refractivity contribution in [3.63, 3.8) is 0 Å². The Bertz CT molecular complexity index is 908. The van der Waals surface area contributed by atoms with Crippen molar-refractivity contribution < 1.29 is 18.7 Å². The molecule has 7 heteroatoms. The van der Waals surface area contributed by atoms with Crippen LogP contribution in [0.3, 0.4) is 0 Å². The second-order valence-electron chi connectivity index (χ2n) is 5.25. The third-order valence-corrected chi connectivity index (χ3v) is 3.77. The summed E-state index contributed by atoms with van der Waals surface area (Å²) in [5.74, 6) is 1.69. The van der Waals surface area contributed by atoms with Crippen molar-refractivity contribution in [1.29, 1.82) is 0 Å². The van der Waals surface area contributed by atoms with Gasteiger partial charge in [-0.2, -0.15) is 0 Å². The summed E-state index contributed by atoms with van der Waals surface area (Å²) in [5, 5.41) is 4.57. The minimum atomic E-state index is 0.173. The lowest BCUT2D eigenvalue weighted by atomic mass is 10.2. The molecule has 0 atom stereocenters. The fourth-order valence-electron chi connectivity index (χ4n) is 2.34. The molecule has 0 N–H and O–H groups in total. The number of benzene rings is 2. The van der Waals surface area contributed by atoms with Gasteiger partial charge in [0.05, 0.1) is 20.4 Å². The number of oxime groups is 1. The Balaban J connectivity index is 1.63. The number of ether oxygens (including phenoxy) is 2. The third kappa shape index (κ3) is 4.15. The van der Waals surface area contributed by atoms with E-state index in [1.807, 2.05) is 30.3 Å². The van der Waals surface area contributed by atoms with Gasteiger partial charge in [0.25, 0.3) is 0 Å². The molecule has 1 aromatic heterocycles. The smallest absolute Gasteiger partial charge is 0.226 e. The second-order valence-corrected chi connectivity index (χ2v) is 5.68. The number of nitrogens with zero attached hydrogens (tertiary/aromatic N) is 2. The van der Waals surface area contributed by atoms with Crippen LogP contribution >= 0.6 is 11.6 Å². The van der Waals surface area contributed by atoms with Crippen molar-refractivity contribution in [1.82, 2.24) is 4.98 Å². The van der Waals surface area contributed by atoms with Gasteiger partial charge in [-0.05, 0) is 30.3 Å². The Morgan fingerprint density at radius 3 is 2.77 bits per heavy atom. The molecule has 0 saturated carbocycles. The summed E-state index contributed by atoms with van der Waals surface area (Å²) in [7, 11) is 3.15. The van der Waals surface area contributed by atoms with E-state index >= 15 is 0 Å². The van der Waals surface area contributed by atoms with Crippen LogP contribution in [0.2, 0.25) is 5.02 Å². The standard InChI is InChI=1S/C19H17ClN2O4/c1-23-17-8-4-6-14(18(17)24-2)10-21-26-12-16-11-25-19(22-16)13-5-3-7-15(20)9-13/h3-11H,12H2,1-2H3/b21-10+. The summed E-state index contributed by atoms with van der Waals surface area (Å²) in [6, 6.07) is 12.8. The largest absolute Gasteiger partial charge is 0.493 e. The lowest BCUT2D eigenvalue weighted by Crippen LogP contribution is -1.95. The summed E-state index contributed by atoms with van der Waals surface area (Å²) >= 11 is 5.98.